The summed E-state index contributed by atoms with van der Waals surface area (Å²) in [6.07, 6.45) is 0. The fourth-order valence-electron chi connectivity index (χ4n) is 2.77. The van der Waals surface area contributed by atoms with Gasteiger partial charge in [0.25, 0.3) is 5.91 Å². The topological polar surface area (TPSA) is 105 Å². The van der Waals surface area contributed by atoms with Crippen molar-refractivity contribution < 1.29 is 27.8 Å². The molecule has 1 saturated heterocycles. The average Bonchev–Trinajstić information content (AvgIpc) is 2.70. The maximum atomic E-state index is 13.0. The number of sulfonamides is 1. The Morgan fingerprint density at radius 1 is 1.21 bits per heavy atom. The van der Waals surface area contributed by atoms with Crippen molar-refractivity contribution >= 4 is 33.2 Å². The van der Waals surface area contributed by atoms with Crippen molar-refractivity contribution in [2.45, 2.75) is 4.90 Å². The minimum absolute atomic E-state index is 0.0269. The van der Waals surface area contributed by atoms with Gasteiger partial charge in [-0.05, 0) is 36.4 Å². The summed E-state index contributed by atoms with van der Waals surface area (Å²) in [4.78, 5) is 12.4. The van der Waals surface area contributed by atoms with E-state index in [0.717, 1.165) is 0 Å². The lowest BCUT2D eigenvalue weighted by Crippen LogP contribution is -2.40. The van der Waals surface area contributed by atoms with Gasteiger partial charge in [-0.2, -0.15) is 4.31 Å². The molecule has 0 unspecified atom stereocenters. The van der Waals surface area contributed by atoms with E-state index in [-0.39, 0.29) is 45.8 Å². The summed E-state index contributed by atoms with van der Waals surface area (Å²) in [7, 11) is -2.47. The highest BCUT2D eigenvalue weighted by atomic mass is 35.5. The summed E-state index contributed by atoms with van der Waals surface area (Å²) in [5.74, 6) is -0.702. The SMILES string of the molecule is COc1ccc(NC(=O)c2cc(Cl)ccc2O)cc1S(=O)(=O)N1CCOCC1. The number of hydrogen-bond acceptors (Lipinski definition) is 6. The van der Waals surface area contributed by atoms with Gasteiger partial charge in [0.1, 0.15) is 16.4 Å². The van der Waals surface area contributed by atoms with Gasteiger partial charge in [0.15, 0.2) is 0 Å². The number of hydrogen-bond donors (Lipinski definition) is 2. The van der Waals surface area contributed by atoms with Crippen molar-refractivity contribution in [3.8, 4) is 11.5 Å². The molecule has 1 amide bonds. The smallest absolute Gasteiger partial charge is 0.259 e. The van der Waals surface area contributed by atoms with Crippen LogP contribution in [0.3, 0.4) is 0 Å². The molecule has 8 nitrogen and oxygen atoms in total. The number of amides is 1. The minimum atomic E-state index is -3.84. The molecule has 0 saturated carbocycles. The second-order valence-corrected chi connectivity index (χ2v) is 8.34. The number of nitrogens with one attached hydrogen (secondary N) is 1. The van der Waals surface area contributed by atoms with Gasteiger partial charge in [0, 0.05) is 23.8 Å². The van der Waals surface area contributed by atoms with Crippen LogP contribution >= 0.6 is 11.6 Å². The predicted molar refractivity (Wildman–Crippen MR) is 104 cm³/mol. The molecule has 0 aliphatic carbocycles. The number of phenolic OH excluding ortho intramolecular Hbond substituents is 1. The predicted octanol–water partition coefficient (Wildman–Crippen LogP) is 2.33. The summed E-state index contributed by atoms with van der Waals surface area (Å²) in [5.41, 5.74) is 0.206. The van der Waals surface area contributed by atoms with Crippen LogP contribution in [-0.4, -0.2) is 57.1 Å². The van der Waals surface area contributed by atoms with Gasteiger partial charge in [-0.15, -0.1) is 0 Å². The van der Waals surface area contributed by atoms with Gasteiger partial charge in [0.2, 0.25) is 10.0 Å². The number of phenols is 1. The summed E-state index contributed by atoms with van der Waals surface area (Å²) in [6.45, 7) is 1.09. The van der Waals surface area contributed by atoms with E-state index in [0.29, 0.717) is 13.2 Å². The molecule has 28 heavy (non-hydrogen) atoms. The zero-order valence-electron chi connectivity index (χ0n) is 15.0. The lowest BCUT2D eigenvalue weighted by molar-refractivity contribution is 0.0729. The van der Waals surface area contributed by atoms with Crippen LogP contribution in [0.15, 0.2) is 41.3 Å². The van der Waals surface area contributed by atoms with Gasteiger partial charge < -0.3 is 19.9 Å². The average molecular weight is 427 g/mol. The Balaban J connectivity index is 1.92. The highest BCUT2D eigenvalue weighted by molar-refractivity contribution is 7.89. The van der Waals surface area contributed by atoms with Crippen molar-refractivity contribution in [3.63, 3.8) is 0 Å². The maximum absolute atomic E-state index is 13.0. The fraction of sp³-hybridized carbons (Fsp3) is 0.278. The van der Waals surface area contributed by atoms with Gasteiger partial charge in [0.05, 0.1) is 25.9 Å². The monoisotopic (exact) mass is 426 g/mol. The number of anilines is 1. The Morgan fingerprint density at radius 3 is 2.61 bits per heavy atom. The van der Waals surface area contributed by atoms with Crippen LogP contribution < -0.4 is 10.1 Å². The molecule has 0 atom stereocenters. The third-order valence-electron chi connectivity index (χ3n) is 4.21. The molecular formula is C18H19ClN2O6S. The van der Waals surface area contributed by atoms with E-state index in [1.807, 2.05) is 0 Å². The Morgan fingerprint density at radius 2 is 1.93 bits per heavy atom. The van der Waals surface area contributed by atoms with Gasteiger partial charge in [-0.1, -0.05) is 11.6 Å². The number of carbonyl (C=O) groups excluding carboxylic acids is 1. The van der Waals surface area contributed by atoms with E-state index in [2.05, 4.69) is 5.32 Å². The third kappa shape index (κ3) is 4.22. The van der Waals surface area contributed by atoms with E-state index < -0.39 is 15.9 Å². The van der Waals surface area contributed by atoms with Gasteiger partial charge in [-0.25, -0.2) is 8.42 Å². The van der Waals surface area contributed by atoms with Gasteiger partial charge >= 0.3 is 0 Å². The second-order valence-electron chi connectivity index (χ2n) is 6.00. The fourth-order valence-corrected chi connectivity index (χ4v) is 4.53. The number of benzene rings is 2. The standard InChI is InChI=1S/C18H19ClN2O6S/c1-26-16-5-3-13(20-18(23)14-10-12(19)2-4-15(14)22)11-17(16)28(24,25)21-6-8-27-9-7-21/h2-5,10-11,22H,6-9H2,1H3,(H,20,23). The number of methoxy groups -OCH3 is 1. The van der Waals surface area contributed by atoms with Crippen LogP contribution in [0.2, 0.25) is 5.02 Å². The first kappa shape index (κ1) is 20.4. The number of morpholine rings is 1. The first-order valence-corrected chi connectivity index (χ1v) is 10.2. The molecule has 1 aliphatic rings. The van der Waals surface area contributed by atoms with Crippen molar-refractivity contribution in [3.05, 3.63) is 47.0 Å². The first-order chi connectivity index (χ1) is 13.3. The molecule has 2 aromatic rings. The van der Waals surface area contributed by atoms with Crippen LogP contribution in [0.5, 0.6) is 11.5 Å². The number of nitrogens with zero attached hydrogens (tertiary/aromatic N) is 1. The largest absolute Gasteiger partial charge is 0.507 e. The highest BCUT2D eigenvalue weighted by Crippen LogP contribution is 2.31. The van der Waals surface area contributed by atoms with E-state index in [1.165, 1.54) is 47.8 Å². The molecule has 10 heteroatoms. The Bertz CT molecular complexity index is 990. The molecular weight excluding hydrogens is 408 g/mol. The number of halogens is 1. The summed E-state index contributed by atoms with van der Waals surface area (Å²) in [6, 6.07) is 8.37. The minimum Gasteiger partial charge on any atom is -0.507 e. The molecule has 3 rings (SSSR count). The molecule has 0 bridgehead atoms. The first-order valence-electron chi connectivity index (χ1n) is 8.38. The van der Waals surface area contributed by atoms with Crippen molar-refractivity contribution in [2.24, 2.45) is 0 Å². The van der Waals surface area contributed by atoms with Gasteiger partial charge in [-0.3, -0.25) is 4.79 Å². The summed E-state index contributed by atoms with van der Waals surface area (Å²) >= 11 is 5.87. The van der Waals surface area contributed by atoms with Crippen molar-refractivity contribution in [2.75, 3.05) is 38.7 Å². The van der Waals surface area contributed by atoms with Crippen LogP contribution in [-0.2, 0) is 14.8 Å². The van der Waals surface area contributed by atoms with Crippen LogP contribution in [0, 0.1) is 0 Å². The number of aromatic hydroxyl groups is 1. The number of ether oxygens (including phenoxy) is 2. The molecule has 0 aromatic heterocycles. The molecule has 1 fully saturated rings. The molecule has 1 aliphatic heterocycles. The zero-order chi connectivity index (χ0) is 20.3. The van der Waals surface area contributed by atoms with E-state index in [9.17, 15) is 18.3 Å². The Kier molecular flexibility index (Phi) is 6.09. The maximum Gasteiger partial charge on any atom is 0.259 e. The number of carbonyl (C=O) groups is 1. The molecule has 150 valence electrons. The van der Waals surface area contributed by atoms with Crippen LogP contribution in [0.25, 0.3) is 0 Å². The summed E-state index contributed by atoms with van der Waals surface area (Å²) in [5, 5.41) is 12.7. The van der Waals surface area contributed by atoms with Crippen molar-refractivity contribution in [1.29, 1.82) is 0 Å². The van der Waals surface area contributed by atoms with E-state index in [4.69, 9.17) is 21.1 Å². The molecule has 2 N–H and O–H groups in total. The number of rotatable bonds is 5. The quantitative estimate of drug-likeness (QED) is 0.760. The van der Waals surface area contributed by atoms with Crippen LogP contribution in [0.1, 0.15) is 10.4 Å². The van der Waals surface area contributed by atoms with E-state index >= 15 is 0 Å². The zero-order valence-corrected chi connectivity index (χ0v) is 16.6. The summed E-state index contributed by atoms with van der Waals surface area (Å²) < 4.78 is 37.7. The van der Waals surface area contributed by atoms with E-state index in [1.54, 1.807) is 0 Å². The molecule has 0 radical (unpaired) electrons. The Hall–Kier alpha value is -2.33. The molecule has 1 heterocycles. The third-order valence-corrected chi connectivity index (χ3v) is 6.37. The van der Waals surface area contributed by atoms with Crippen LogP contribution in [0.4, 0.5) is 5.69 Å². The highest BCUT2D eigenvalue weighted by Gasteiger charge is 2.29. The lowest BCUT2D eigenvalue weighted by Gasteiger charge is -2.26. The lowest BCUT2D eigenvalue weighted by atomic mass is 10.2. The Labute approximate surface area is 167 Å². The molecule has 0 spiro atoms. The normalized spacial score (nSPS) is 15.2. The second kappa shape index (κ2) is 8.36. The van der Waals surface area contributed by atoms with Crippen molar-refractivity contribution in [1.82, 2.24) is 4.31 Å². The molecule has 2 aromatic carbocycles.